The summed E-state index contributed by atoms with van der Waals surface area (Å²) in [5, 5.41) is 13.6. The molecule has 4 aromatic carbocycles. The van der Waals surface area contributed by atoms with Gasteiger partial charge in [0.1, 0.15) is 5.75 Å². The second kappa shape index (κ2) is 15.8. The standard InChI is InChI=1S/C34H32BrClN6O4/c35-29-11-3-1-8-25(29)22-34(33(44)41-38-18-17-23-7-5-9-26(36)21-23)31(28-10-2-4-12-30(28)40-42-37)46-32(39-34)24-13-15-27(16-14-24)45-20-6-19-43/h1-5,7-16,21,31,38,43H,6,17-20,22H2,(H,41,44)/t31-,34-/m0/s1. The number of benzene rings is 4. The van der Waals surface area contributed by atoms with Crippen LogP contribution >= 0.6 is 27.5 Å². The number of aliphatic hydroxyl groups excluding tert-OH is 1. The van der Waals surface area contributed by atoms with E-state index in [9.17, 15) is 10.3 Å². The SMILES string of the molecule is [N-]=[N+]=Nc1ccccc1[C@@H]1OC(c2ccc(OCCCO)cc2)=N[C@]1(Cc1ccccc1Br)C(=O)NNCCc1cccc(Cl)c1. The van der Waals surface area contributed by atoms with E-state index in [1.807, 2.05) is 48.5 Å². The number of amides is 1. The van der Waals surface area contributed by atoms with Crippen LogP contribution in [0.1, 0.15) is 34.8 Å². The number of aliphatic hydroxyl groups is 1. The predicted octanol–water partition coefficient (Wildman–Crippen LogP) is 7.17. The van der Waals surface area contributed by atoms with Gasteiger partial charge in [-0.05, 0) is 65.5 Å². The fourth-order valence-electron chi connectivity index (χ4n) is 5.19. The molecule has 0 radical (unpaired) electrons. The number of azide groups is 1. The number of carbonyl (C=O) groups is 1. The molecule has 0 aromatic heterocycles. The largest absolute Gasteiger partial charge is 0.494 e. The molecule has 0 unspecified atom stereocenters. The van der Waals surface area contributed by atoms with Crippen molar-refractivity contribution in [1.82, 2.24) is 10.9 Å². The molecule has 1 amide bonds. The van der Waals surface area contributed by atoms with Crippen molar-refractivity contribution in [2.24, 2.45) is 10.1 Å². The Labute approximate surface area is 280 Å². The average Bonchev–Trinajstić information content (AvgIpc) is 3.45. The van der Waals surface area contributed by atoms with Gasteiger partial charge in [-0.3, -0.25) is 10.2 Å². The summed E-state index contributed by atoms with van der Waals surface area (Å²) in [6.45, 7) is 0.857. The summed E-state index contributed by atoms with van der Waals surface area (Å²) in [5.74, 6) is 0.458. The Morgan fingerprint density at radius 3 is 2.63 bits per heavy atom. The second-order valence-electron chi connectivity index (χ2n) is 10.6. The van der Waals surface area contributed by atoms with E-state index in [0.29, 0.717) is 53.6 Å². The van der Waals surface area contributed by atoms with Gasteiger partial charge in [-0.1, -0.05) is 87.2 Å². The van der Waals surface area contributed by atoms with Crippen LogP contribution in [-0.4, -0.2) is 42.2 Å². The summed E-state index contributed by atoms with van der Waals surface area (Å²) in [4.78, 5) is 22.5. The smallest absolute Gasteiger partial charge is 0.266 e. The zero-order chi connectivity index (χ0) is 32.4. The molecule has 0 bridgehead atoms. The number of aliphatic imine (C=N–C) groups is 1. The van der Waals surface area contributed by atoms with Crippen molar-refractivity contribution in [3.63, 3.8) is 0 Å². The minimum absolute atomic E-state index is 0.0403. The molecule has 12 heteroatoms. The maximum absolute atomic E-state index is 14.4. The van der Waals surface area contributed by atoms with Crippen LogP contribution in [0.25, 0.3) is 10.4 Å². The Morgan fingerprint density at radius 2 is 1.87 bits per heavy atom. The minimum atomic E-state index is -1.51. The van der Waals surface area contributed by atoms with Gasteiger partial charge in [-0.2, -0.15) is 0 Å². The summed E-state index contributed by atoms with van der Waals surface area (Å²) in [5.41, 5.74) is 17.1. The van der Waals surface area contributed by atoms with Crippen molar-refractivity contribution in [1.29, 1.82) is 0 Å². The van der Waals surface area contributed by atoms with Crippen LogP contribution < -0.4 is 15.6 Å². The summed E-state index contributed by atoms with van der Waals surface area (Å²) in [6, 6.07) is 29.4. The van der Waals surface area contributed by atoms with E-state index in [1.165, 1.54) is 0 Å². The second-order valence-corrected chi connectivity index (χ2v) is 11.9. The molecule has 46 heavy (non-hydrogen) atoms. The molecule has 1 aliphatic rings. The molecule has 0 aliphatic carbocycles. The lowest BCUT2D eigenvalue weighted by Crippen LogP contribution is -2.54. The van der Waals surface area contributed by atoms with Gasteiger partial charge in [0.15, 0.2) is 11.6 Å². The number of hydrogen-bond acceptors (Lipinski definition) is 7. The number of nitrogens with zero attached hydrogens (tertiary/aromatic N) is 4. The lowest BCUT2D eigenvalue weighted by molar-refractivity contribution is -0.130. The first-order chi connectivity index (χ1) is 22.4. The maximum Gasteiger partial charge on any atom is 0.266 e. The Hall–Kier alpha value is -4.38. The van der Waals surface area contributed by atoms with Crippen LogP contribution in [0.2, 0.25) is 5.02 Å². The van der Waals surface area contributed by atoms with E-state index in [0.717, 1.165) is 15.6 Å². The van der Waals surface area contributed by atoms with E-state index in [2.05, 4.69) is 36.8 Å². The molecule has 0 saturated carbocycles. The molecule has 1 heterocycles. The normalized spacial score (nSPS) is 17.0. The van der Waals surface area contributed by atoms with Crippen molar-refractivity contribution >= 4 is 45.0 Å². The average molecular weight is 704 g/mol. The predicted molar refractivity (Wildman–Crippen MR) is 181 cm³/mol. The third kappa shape index (κ3) is 7.88. The quantitative estimate of drug-likeness (QED) is 0.0420. The van der Waals surface area contributed by atoms with Gasteiger partial charge in [-0.15, -0.1) is 0 Å². The van der Waals surface area contributed by atoms with Crippen LogP contribution in [0.4, 0.5) is 5.69 Å². The molecule has 0 fully saturated rings. The van der Waals surface area contributed by atoms with Crippen molar-refractivity contribution in [3.05, 3.63) is 139 Å². The Balaban J connectivity index is 1.53. The Kier molecular flexibility index (Phi) is 11.3. The molecule has 3 N–H and O–H groups in total. The molecule has 2 atom stereocenters. The fraction of sp³-hybridized carbons (Fsp3) is 0.235. The first kappa shape index (κ1) is 33.0. The van der Waals surface area contributed by atoms with Gasteiger partial charge in [0, 0.05) is 57.2 Å². The van der Waals surface area contributed by atoms with Crippen molar-refractivity contribution in [3.8, 4) is 5.75 Å². The van der Waals surface area contributed by atoms with Crippen LogP contribution in [0.15, 0.2) is 112 Å². The lowest BCUT2D eigenvalue weighted by atomic mass is 9.81. The number of hydrazine groups is 1. The maximum atomic E-state index is 14.4. The third-order valence-electron chi connectivity index (χ3n) is 7.45. The number of hydrogen-bond donors (Lipinski definition) is 3. The van der Waals surface area contributed by atoms with Crippen molar-refractivity contribution in [2.45, 2.75) is 30.9 Å². The fourth-order valence-corrected chi connectivity index (χ4v) is 5.83. The Bertz CT molecular complexity index is 1750. The molecular weight excluding hydrogens is 672 g/mol. The molecule has 4 aromatic rings. The number of nitrogens with one attached hydrogen (secondary N) is 2. The van der Waals surface area contributed by atoms with E-state index in [-0.39, 0.29) is 18.9 Å². The number of carbonyl (C=O) groups excluding carboxylic acids is 1. The molecule has 236 valence electrons. The van der Waals surface area contributed by atoms with Gasteiger partial charge >= 0.3 is 0 Å². The summed E-state index contributed by atoms with van der Waals surface area (Å²) < 4.78 is 13.1. The third-order valence-corrected chi connectivity index (χ3v) is 8.46. The molecule has 5 rings (SSSR count). The molecule has 0 spiro atoms. The van der Waals surface area contributed by atoms with Gasteiger partial charge in [0.05, 0.1) is 6.61 Å². The van der Waals surface area contributed by atoms with Crippen molar-refractivity contribution in [2.75, 3.05) is 19.8 Å². The number of rotatable bonds is 14. The number of ether oxygens (including phenoxy) is 2. The molecular formula is C34H32BrClN6O4. The van der Waals surface area contributed by atoms with Crippen LogP contribution in [0.3, 0.4) is 0 Å². The highest BCUT2D eigenvalue weighted by Crippen LogP contribution is 2.46. The summed E-state index contributed by atoms with van der Waals surface area (Å²) in [6.07, 6.45) is 0.353. The van der Waals surface area contributed by atoms with E-state index < -0.39 is 17.6 Å². The highest BCUT2D eigenvalue weighted by molar-refractivity contribution is 9.10. The highest BCUT2D eigenvalue weighted by atomic mass is 79.9. The van der Waals surface area contributed by atoms with Gasteiger partial charge < -0.3 is 14.6 Å². The van der Waals surface area contributed by atoms with Gasteiger partial charge in [0.2, 0.25) is 5.90 Å². The topological polar surface area (TPSA) is 141 Å². The first-order valence-corrected chi connectivity index (χ1v) is 15.9. The molecule has 1 aliphatic heterocycles. The van der Waals surface area contributed by atoms with E-state index in [1.54, 1.807) is 48.5 Å². The monoisotopic (exact) mass is 702 g/mol. The number of halogens is 2. The van der Waals surface area contributed by atoms with Crippen molar-refractivity contribution < 1.29 is 19.4 Å². The molecule has 0 saturated heterocycles. The summed E-state index contributed by atoms with van der Waals surface area (Å²) >= 11 is 9.78. The minimum Gasteiger partial charge on any atom is -0.494 e. The van der Waals surface area contributed by atoms with Crippen LogP contribution in [-0.2, 0) is 22.4 Å². The van der Waals surface area contributed by atoms with Crippen LogP contribution in [0.5, 0.6) is 5.75 Å². The Morgan fingerprint density at radius 1 is 1.09 bits per heavy atom. The van der Waals surface area contributed by atoms with Gasteiger partial charge in [-0.25, -0.2) is 10.4 Å². The molecule has 10 nitrogen and oxygen atoms in total. The van der Waals surface area contributed by atoms with E-state index >= 15 is 0 Å². The zero-order valence-corrected chi connectivity index (χ0v) is 27.1. The lowest BCUT2D eigenvalue weighted by Gasteiger charge is -2.31. The van der Waals surface area contributed by atoms with Crippen LogP contribution in [0, 0.1) is 0 Å². The highest BCUT2D eigenvalue weighted by Gasteiger charge is 2.54. The first-order valence-electron chi connectivity index (χ1n) is 14.7. The van der Waals surface area contributed by atoms with Gasteiger partial charge in [0.25, 0.3) is 5.91 Å². The summed E-state index contributed by atoms with van der Waals surface area (Å²) in [7, 11) is 0. The van der Waals surface area contributed by atoms with E-state index in [4.69, 9.17) is 31.2 Å². The zero-order valence-electron chi connectivity index (χ0n) is 24.8.